The number of ether oxygens (including phenoxy) is 1. The van der Waals surface area contributed by atoms with E-state index in [1.807, 2.05) is 7.05 Å². The van der Waals surface area contributed by atoms with Crippen molar-refractivity contribution in [2.24, 2.45) is 4.99 Å². The Bertz CT molecular complexity index is 656. The smallest absolute Gasteiger partial charge is 0.191 e. The molecule has 0 spiro atoms. The summed E-state index contributed by atoms with van der Waals surface area (Å²) in [5.74, 6) is 3.23. The lowest BCUT2D eigenvalue weighted by atomic mass is 10.1. The Morgan fingerprint density at radius 2 is 1.97 bits per heavy atom. The number of nitrogens with zero attached hydrogens (tertiary/aromatic N) is 5. The average molecular weight is 548 g/mol. The number of hydrogen-bond acceptors (Lipinski definition) is 5. The van der Waals surface area contributed by atoms with Crippen molar-refractivity contribution < 1.29 is 4.74 Å². The number of piperidine rings is 1. The van der Waals surface area contributed by atoms with E-state index in [0.29, 0.717) is 12.1 Å². The number of aromatic nitrogens is 3. The Morgan fingerprint density at radius 3 is 2.71 bits per heavy atom. The zero-order chi connectivity index (χ0) is 21.2. The molecule has 1 saturated heterocycles. The zero-order valence-corrected chi connectivity index (χ0v) is 21.9. The van der Waals surface area contributed by atoms with E-state index in [2.05, 4.69) is 49.1 Å². The highest BCUT2D eigenvalue weighted by atomic mass is 127. The summed E-state index contributed by atoms with van der Waals surface area (Å²) in [7, 11) is 1.85. The summed E-state index contributed by atoms with van der Waals surface area (Å²) < 4.78 is 8.02. The SMILES string of the molecule is CN=C(NCCCc1nnc2n1CCCCC2)NC1CCN(CCOC(C)C)CC1.I. The number of halogens is 1. The van der Waals surface area contributed by atoms with Gasteiger partial charge in [-0.1, -0.05) is 6.42 Å². The maximum Gasteiger partial charge on any atom is 0.191 e. The maximum absolute atomic E-state index is 5.68. The van der Waals surface area contributed by atoms with Crippen molar-refractivity contribution in [2.75, 3.05) is 39.8 Å². The predicted molar refractivity (Wildman–Crippen MR) is 136 cm³/mol. The van der Waals surface area contributed by atoms with E-state index in [0.717, 1.165) is 83.2 Å². The largest absolute Gasteiger partial charge is 0.377 e. The number of aliphatic imine (C=N–C) groups is 1. The number of aryl methyl sites for hydroxylation is 2. The molecule has 0 radical (unpaired) electrons. The fraction of sp³-hybridized carbons (Fsp3) is 0.864. The minimum atomic E-state index is 0. The van der Waals surface area contributed by atoms with Gasteiger partial charge in [-0.3, -0.25) is 4.99 Å². The molecule has 1 aromatic rings. The van der Waals surface area contributed by atoms with Gasteiger partial charge in [-0.15, -0.1) is 34.2 Å². The third-order valence-corrected chi connectivity index (χ3v) is 6.07. The van der Waals surface area contributed by atoms with Gasteiger partial charge in [0.05, 0.1) is 12.7 Å². The average Bonchev–Trinajstić information content (AvgIpc) is 2.97. The first-order chi connectivity index (χ1) is 14.7. The molecular weight excluding hydrogens is 505 g/mol. The molecule has 3 heterocycles. The summed E-state index contributed by atoms with van der Waals surface area (Å²) in [4.78, 5) is 6.91. The van der Waals surface area contributed by atoms with Gasteiger partial charge in [0.15, 0.2) is 5.96 Å². The van der Waals surface area contributed by atoms with E-state index in [-0.39, 0.29) is 24.0 Å². The number of rotatable bonds is 9. The van der Waals surface area contributed by atoms with Gasteiger partial charge in [0.25, 0.3) is 0 Å². The van der Waals surface area contributed by atoms with Crippen LogP contribution in [0.3, 0.4) is 0 Å². The molecule has 178 valence electrons. The molecule has 0 aromatic carbocycles. The Kier molecular flexibility index (Phi) is 12.1. The second-order valence-corrected chi connectivity index (χ2v) is 8.78. The molecule has 2 aliphatic heterocycles. The summed E-state index contributed by atoms with van der Waals surface area (Å²) >= 11 is 0. The van der Waals surface area contributed by atoms with Gasteiger partial charge in [0.2, 0.25) is 0 Å². The van der Waals surface area contributed by atoms with E-state index in [9.17, 15) is 0 Å². The molecule has 2 N–H and O–H groups in total. The predicted octanol–water partition coefficient (Wildman–Crippen LogP) is 2.61. The number of likely N-dealkylation sites (tertiary alicyclic amines) is 1. The van der Waals surface area contributed by atoms with Crippen LogP contribution in [-0.2, 0) is 24.1 Å². The molecule has 0 unspecified atom stereocenters. The van der Waals surface area contributed by atoms with Crippen LogP contribution >= 0.6 is 24.0 Å². The first-order valence-electron chi connectivity index (χ1n) is 11.9. The maximum atomic E-state index is 5.68. The number of hydrogen-bond donors (Lipinski definition) is 2. The van der Waals surface area contributed by atoms with Crippen LogP contribution in [0.15, 0.2) is 4.99 Å². The van der Waals surface area contributed by atoms with Crippen LogP contribution in [0.1, 0.15) is 64.0 Å². The van der Waals surface area contributed by atoms with Gasteiger partial charge in [-0.05, 0) is 46.0 Å². The third kappa shape index (κ3) is 8.84. The van der Waals surface area contributed by atoms with Gasteiger partial charge in [0, 0.05) is 58.7 Å². The third-order valence-electron chi connectivity index (χ3n) is 6.07. The van der Waals surface area contributed by atoms with Gasteiger partial charge < -0.3 is 24.8 Å². The molecule has 0 saturated carbocycles. The van der Waals surface area contributed by atoms with Crippen molar-refractivity contribution in [1.29, 1.82) is 0 Å². The second kappa shape index (κ2) is 14.3. The zero-order valence-electron chi connectivity index (χ0n) is 19.6. The minimum Gasteiger partial charge on any atom is -0.377 e. The van der Waals surface area contributed by atoms with Crippen molar-refractivity contribution in [3.05, 3.63) is 11.6 Å². The van der Waals surface area contributed by atoms with Gasteiger partial charge in [0.1, 0.15) is 11.6 Å². The highest BCUT2D eigenvalue weighted by Crippen LogP contribution is 2.15. The topological polar surface area (TPSA) is 79.6 Å². The van der Waals surface area contributed by atoms with Gasteiger partial charge >= 0.3 is 0 Å². The lowest BCUT2D eigenvalue weighted by molar-refractivity contribution is 0.0532. The normalized spacial score (nSPS) is 18.4. The second-order valence-electron chi connectivity index (χ2n) is 8.78. The van der Waals surface area contributed by atoms with Gasteiger partial charge in [-0.25, -0.2) is 0 Å². The molecule has 8 nitrogen and oxygen atoms in total. The molecule has 0 atom stereocenters. The Morgan fingerprint density at radius 1 is 1.16 bits per heavy atom. The minimum absolute atomic E-state index is 0. The Labute approximate surface area is 205 Å². The van der Waals surface area contributed by atoms with Gasteiger partial charge in [-0.2, -0.15) is 0 Å². The fourth-order valence-electron chi connectivity index (χ4n) is 4.29. The van der Waals surface area contributed by atoms with Crippen LogP contribution in [-0.4, -0.2) is 77.6 Å². The summed E-state index contributed by atoms with van der Waals surface area (Å²) in [6.07, 6.45) is 9.48. The van der Waals surface area contributed by atoms with Crippen LogP contribution in [0.2, 0.25) is 0 Å². The molecular formula is C22H42IN7O. The van der Waals surface area contributed by atoms with Crippen molar-refractivity contribution in [1.82, 2.24) is 30.3 Å². The van der Waals surface area contributed by atoms with Crippen molar-refractivity contribution in [3.63, 3.8) is 0 Å². The summed E-state index contributed by atoms with van der Waals surface area (Å²) in [5.41, 5.74) is 0. The Balaban J connectivity index is 0.00000341. The van der Waals surface area contributed by atoms with Crippen LogP contribution in [0.5, 0.6) is 0 Å². The lowest BCUT2D eigenvalue weighted by Gasteiger charge is -2.33. The molecule has 2 aliphatic rings. The molecule has 3 rings (SSSR count). The quantitative estimate of drug-likeness (QED) is 0.214. The molecule has 31 heavy (non-hydrogen) atoms. The van der Waals surface area contributed by atoms with E-state index < -0.39 is 0 Å². The highest BCUT2D eigenvalue weighted by Gasteiger charge is 2.20. The van der Waals surface area contributed by atoms with E-state index in [1.165, 1.54) is 25.1 Å². The number of fused-ring (bicyclic) bond motifs is 1. The molecule has 0 bridgehead atoms. The summed E-state index contributed by atoms with van der Waals surface area (Å²) in [6.45, 7) is 10.3. The first kappa shape index (κ1) is 26.3. The summed E-state index contributed by atoms with van der Waals surface area (Å²) in [6, 6.07) is 0.491. The van der Waals surface area contributed by atoms with Crippen LogP contribution in [0.25, 0.3) is 0 Å². The lowest BCUT2D eigenvalue weighted by Crippen LogP contribution is -2.49. The van der Waals surface area contributed by atoms with E-state index in [4.69, 9.17) is 4.74 Å². The molecule has 0 aliphatic carbocycles. The van der Waals surface area contributed by atoms with Crippen LogP contribution < -0.4 is 10.6 Å². The first-order valence-corrected chi connectivity index (χ1v) is 11.9. The van der Waals surface area contributed by atoms with Crippen molar-refractivity contribution in [2.45, 2.75) is 83.9 Å². The fourth-order valence-corrected chi connectivity index (χ4v) is 4.29. The molecule has 0 amide bonds. The number of nitrogens with one attached hydrogen (secondary N) is 2. The van der Waals surface area contributed by atoms with E-state index >= 15 is 0 Å². The highest BCUT2D eigenvalue weighted by molar-refractivity contribution is 14.0. The summed E-state index contributed by atoms with van der Waals surface area (Å²) in [5, 5.41) is 15.9. The Hall–Kier alpha value is -0.940. The van der Waals surface area contributed by atoms with Crippen LogP contribution in [0.4, 0.5) is 0 Å². The standard InChI is InChI=1S/C22H41N7O.HI/c1-18(2)30-17-16-28-14-10-19(11-15-28)25-22(23-3)24-12-7-9-21-27-26-20-8-5-4-6-13-29(20)21;/h18-19H,4-17H2,1-3H3,(H2,23,24,25);1H. The monoisotopic (exact) mass is 547 g/mol. The molecule has 9 heteroatoms. The molecule has 1 fully saturated rings. The van der Waals surface area contributed by atoms with Crippen molar-refractivity contribution in [3.8, 4) is 0 Å². The van der Waals surface area contributed by atoms with Crippen molar-refractivity contribution >= 4 is 29.9 Å². The number of guanidine groups is 1. The van der Waals surface area contributed by atoms with Crippen LogP contribution in [0, 0.1) is 0 Å². The van der Waals surface area contributed by atoms with E-state index in [1.54, 1.807) is 0 Å². The molecule has 1 aromatic heterocycles.